The number of hydrogen-bond donors (Lipinski definition) is 0. The molecule has 5 nitrogen and oxygen atoms in total. The second-order valence-electron chi connectivity index (χ2n) is 11.9. The summed E-state index contributed by atoms with van der Waals surface area (Å²) in [4.78, 5) is 7.39. The molecule has 0 atom stereocenters. The van der Waals surface area contributed by atoms with Crippen molar-refractivity contribution in [2.75, 3.05) is 4.90 Å². The number of anilines is 3. The van der Waals surface area contributed by atoms with Crippen molar-refractivity contribution in [1.82, 2.24) is 4.98 Å². The molecule has 0 radical (unpaired) electrons. The van der Waals surface area contributed by atoms with Gasteiger partial charge in [-0.05, 0) is 48.0 Å². The van der Waals surface area contributed by atoms with E-state index in [-0.39, 0.29) is 0 Å². The van der Waals surface area contributed by atoms with E-state index in [9.17, 15) is 0 Å². The van der Waals surface area contributed by atoms with Crippen LogP contribution in [0.5, 0.6) is 0 Å². The highest BCUT2D eigenvalue weighted by atomic mass is 16.4. The monoisotopic (exact) mass is 618 g/mol. The number of furan rings is 2. The van der Waals surface area contributed by atoms with Gasteiger partial charge in [0.25, 0.3) is 0 Å². The minimum atomic E-state index is 0.550. The van der Waals surface area contributed by atoms with Crippen molar-refractivity contribution in [3.05, 3.63) is 158 Å². The Hall–Kier alpha value is -6.59. The van der Waals surface area contributed by atoms with Crippen molar-refractivity contribution < 1.29 is 13.3 Å². The van der Waals surface area contributed by atoms with Crippen LogP contribution in [0.4, 0.5) is 17.1 Å². The third-order valence-electron chi connectivity index (χ3n) is 9.10. The van der Waals surface area contributed by atoms with Crippen molar-refractivity contribution >= 4 is 72.0 Å². The molecule has 0 amide bonds. The zero-order valence-corrected chi connectivity index (χ0v) is 25.6. The Morgan fingerprint density at radius 2 is 1.06 bits per heavy atom. The summed E-state index contributed by atoms with van der Waals surface area (Å²) in [6.45, 7) is 0. The molecular formula is C43H26N2O3. The van der Waals surface area contributed by atoms with Crippen molar-refractivity contribution in [3.63, 3.8) is 0 Å². The van der Waals surface area contributed by atoms with Crippen LogP contribution in [0.2, 0.25) is 0 Å². The maximum Gasteiger partial charge on any atom is 0.227 e. The fourth-order valence-corrected chi connectivity index (χ4v) is 6.93. The molecule has 0 aliphatic carbocycles. The number of benzene rings is 7. The van der Waals surface area contributed by atoms with Crippen LogP contribution in [0, 0.1) is 0 Å². The lowest BCUT2D eigenvalue weighted by atomic mass is 10.0. The molecule has 7 aromatic carbocycles. The first kappa shape index (κ1) is 26.6. The molecule has 10 aromatic rings. The molecule has 48 heavy (non-hydrogen) atoms. The van der Waals surface area contributed by atoms with E-state index in [0.717, 1.165) is 83.1 Å². The molecule has 226 valence electrons. The largest absolute Gasteiger partial charge is 0.456 e. The van der Waals surface area contributed by atoms with Crippen LogP contribution in [-0.4, -0.2) is 4.98 Å². The average Bonchev–Trinajstić information content (AvgIpc) is 3.86. The lowest BCUT2D eigenvalue weighted by Gasteiger charge is -2.27. The van der Waals surface area contributed by atoms with Crippen LogP contribution in [0.15, 0.2) is 171 Å². The minimum absolute atomic E-state index is 0.550. The van der Waals surface area contributed by atoms with E-state index in [1.54, 1.807) is 0 Å². The Bertz CT molecular complexity index is 2790. The van der Waals surface area contributed by atoms with E-state index in [0.29, 0.717) is 11.5 Å². The molecule has 0 saturated heterocycles. The Morgan fingerprint density at radius 1 is 0.438 bits per heavy atom. The van der Waals surface area contributed by atoms with Crippen molar-refractivity contribution in [1.29, 1.82) is 0 Å². The quantitative estimate of drug-likeness (QED) is 0.192. The molecule has 3 aromatic heterocycles. The van der Waals surface area contributed by atoms with Crippen LogP contribution in [0.25, 0.3) is 77.6 Å². The molecule has 0 N–H and O–H groups in total. The molecule has 10 rings (SSSR count). The maximum atomic E-state index is 6.80. The van der Waals surface area contributed by atoms with Crippen LogP contribution in [-0.2, 0) is 0 Å². The summed E-state index contributed by atoms with van der Waals surface area (Å²) in [5.41, 5.74) is 10.4. The van der Waals surface area contributed by atoms with Gasteiger partial charge in [0.05, 0.1) is 22.4 Å². The number of oxazole rings is 1. The van der Waals surface area contributed by atoms with Gasteiger partial charge >= 0.3 is 0 Å². The van der Waals surface area contributed by atoms with E-state index in [4.69, 9.17) is 18.2 Å². The lowest BCUT2D eigenvalue weighted by Crippen LogP contribution is -2.11. The van der Waals surface area contributed by atoms with Gasteiger partial charge < -0.3 is 18.2 Å². The number of rotatable bonds is 5. The van der Waals surface area contributed by atoms with Gasteiger partial charge in [-0.3, -0.25) is 0 Å². The zero-order valence-electron chi connectivity index (χ0n) is 25.6. The number of aromatic nitrogens is 1. The number of fused-ring (bicyclic) bond motifs is 8. The molecular weight excluding hydrogens is 592 g/mol. The molecule has 0 fully saturated rings. The summed E-state index contributed by atoms with van der Waals surface area (Å²) in [7, 11) is 0. The topological polar surface area (TPSA) is 55.6 Å². The predicted molar refractivity (Wildman–Crippen MR) is 194 cm³/mol. The first-order valence-electron chi connectivity index (χ1n) is 16.0. The number of para-hydroxylation sites is 3. The van der Waals surface area contributed by atoms with E-state index >= 15 is 0 Å². The highest BCUT2D eigenvalue weighted by Gasteiger charge is 2.27. The van der Waals surface area contributed by atoms with Crippen molar-refractivity contribution in [3.8, 4) is 22.6 Å². The van der Waals surface area contributed by atoms with E-state index in [1.807, 2.05) is 72.8 Å². The van der Waals surface area contributed by atoms with Gasteiger partial charge in [-0.15, -0.1) is 0 Å². The summed E-state index contributed by atoms with van der Waals surface area (Å²) < 4.78 is 19.7. The SMILES string of the molecule is c1ccc(-c2nc3c(o2)c(N(c2ccc4c(c2)oc2ccccc24)c2ccccc2-c2ccccc2)cc2oc4ccccc4c23)cc1. The standard InChI is InChI=1S/C43H26N2O3/c1-3-13-27(14-4-1)30-17-7-10-20-34(30)45(29-23-24-32-31-18-8-11-21-36(31)46-38(32)25-29)35-26-39-40(33-19-9-12-22-37(33)47-39)41-42(35)48-43(44-41)28-15-5-2-6-16-28/h1-26H. The summed E-state index contributed by atoms with van der Waals surface area (Å²) >= 11 is 0. The van der Waals surface area contributed by atoms with Gasteiger partial charge in [0.2, 0.25) is 5.89 Å². The predicted octanol–water partition coefficient (Wildman–Crippen LogP) is 12.4. The third kappa shape index (κ3) is 4.08. The van der Waals surface area contributed by atoms with Crippen molar-refractivity contribution in [2.45, 2.75) is 0 Å². The average molecular weight is 619 g/mol. The molecule has 3 heterocycles. The second-order valence-corrected chi connectivity index (χ2v) is 11.9. The molecule has 0 aliphatic heterocycles. The number of nitrogens with zero attached hydrogens (tertiary/aromatic N) is 2. The minimum Gasteiger partial charge on any atom is -0.456 e. The number of hydrogen-bond acceptors (Lipinski definition) is 5. The summed E-state index contributed by atoms with van der Waals surface area (Å²) in [5.74, 6) is 0.550. The van der Waals surface area contributed by atoms with E-state index in [1.165, 1.54) is 0 Å². The zero-order chi connectivity index (χ0) is 31.6. The first-order chi connectivity index (χ1) is 23.8. The van der Waals surface area contributed by atoms with E-state index in [2.05, 4.69) is 89.8 Å². The van der Waals surface area contributed by atoms with Gasteiger partial charge in [0.1, 0.15) is 27.8 Å². The molecule has 0 spiro atoms. The third-order valence-corrected chi connectivity index (χ3v) is 9.10. The fraction of sp³-hybridized carbons (Fsp3) is 0. The molecule has 5 heteroatoms. The van der Waals surface area contributed by atoms with Gasteiger partial charge in [-0.25, -0.2) is 4.98 Å². The Balaban J connectivity index is 1.32. The van der Waals surface area contributed by atoms with Gasteiger partial charge in [-0.2, -0.15) is 0 Å². The highest BCUT2D eigenvalue weighted by Crippen LogP contribution is 2.48. The lowest BCUT2D eigenvalue weighted by molar-refractivity contribution is 0.619. The second kappa shape index (κ2) is 10.5. The van der Waals surface area contributed by atoms with Crippen LogP contribution in [0.3, 0.4) is 0 Å². The smallest absolute Gasteiger partial charge is 0.227 e. The van der Waals surface area contributed by atoms with Gasteiger partial charge in [-0.1, -0.05) is 103 Å². The van der Waals surface area contributed by atoms with Crippen molar-refractivity contribution in [2.24, 2.45) is 0 Å². The Morgan fingerprint density at radius 3 is 1.88 bits per heavy atom. The summed E-state index contributed by atoms with van der Waals surface area (Å²) in [6, 6.07) is 53.7. The maximum absolute atomic E-state index is 6.80. The Labute approximate surface area is 274 Å². The highest BCUT2D eigenvalue weighted by molar-refractivity contribution is 6.20. The molecule has 0 saturated carbocycles. The van der Waals surface area contributed by atoms with Gasteiger partial charge in [0, 0.05) is 39.4 Å². The molecule has 0 aliphatic rings. The fourth-order valence-electron chi connectivity index (χ4n) is 6.93. The van der Waals surface area contributed by atoms with E-state index < -0.39 is 0 Å². The normalized spacial score (nSPS) is 11.8. The van der Waals surface area contributed by atoms with Crippen LogP contribution >= 0.6 is 0 Å². The van der Waals surface area contributed by atoms with Crippen LogP contribution < -0.4 is 4.90 Å². The van der Waals surface area contributed by atoms with Crippen LogP contribution in [0.1, 0.15) is 0 Å². The Kier molecular flexibility index (Phi) is 5.81. The summed E-state index contributed by atoms with van der Waals surface area (Å²) in [5, 5.41) is 4.08. The molecule has 0 bridgehead atoms. The summed E-state index contributed by atoms with van der Waals surface area (Å²) in [6.07, 6.45) is 0. The van der Waals surface area contributed by atoms with Gasteiger partial charge in [0.15, 0.2) is 5.58 Å². The molecule has 0 unspecified atom stereocenters. The first-order valence-corrected chi connectivity index (χ1v) is 16.0.